The summed E-state index contributed by atoms with van der Waals surface area (Å²) in [5.41, 5.74) is -0.490. The number of hydrogen-bond donors (Lipinski definition) is 1. The molecule has 2 aromatic rings. The Bertz CT molecular complexity index is 1020. The van der Waals surface area contributed by atoms with Crippen molar-refractivity contribution in [2.45, 2.75) is 44.2 Å². The predicted octanol–water partition coefficient (Wildman–Crippen LogP) is 4.21. The monoisotopic (exact) mass is 470 g/mol. The summed E-state index contributed by atoms with van der Waals surface area (Å²) in [6, 6.07) is 3.57. The van der Waals surface area contributed by atoms with Gasteiger partial charge in [0.05, 0.1) is 24.3 Å². The first-order valence-corrected chi connectivity index (χ1v) is 10.6. The van der Waals surface area contributed by atoms with Gasteiger partial charge in [-0.15, -0.1) is 0 Å². The lowest BCUT2D eigenvalue weighted by Crippen LogP contribution is -2.57. The summed E-state index contributed by atoms with van der Waals surface area (Å²) in [5.74, 6) is -3.48. The number of hydrogen-bond acceptors (Lipinski definition) is 6. The second-order valence-corrected chi connectivity index (χ2v) is 8.24. The molecule has 2 aromatic heterocycles. The topological polar surface area (TPSA) is 74.2 Å². The molecule has 0 spiro atoms. The van der Waals surface area contributed by atoms with Crippen molar-refractivity contribution in [2.24, 2.45) is 0 Å². The van der Waals surface area contributed by atoms with Gasteiger partial charge in [0.25, 0.3) is 5.92 Å². The lowest BCUT2D eigenvalue weighted by molar-refractivity contribution is -0.137. The van der Waals surface area contributed by atoms with Crippen LogP contribution >= 0.6 is 0 Å². The average molecular weight is 470 g/mol. The van der Waals surface area contributed by atoms with Crippen LogP contribution in [-0.2, 0) is 11.0 Å². The Hall–Kier alpha value is -3.05. The molecule has 4 rings (SSSR count). The fourth-order valence-electron chi connectivity index (χ4n) is 4.04. The van der Waals surface area contributed by atoms with Gasteiger partial charge in [-0.2, -0.15) is 18.2 Å². The molecular formula is C21H23F5N6O. The van der Waals surface area contributed by atoms with Gasteiger partial charge in [0, 0.05) is 37.7 Å². The summed E-state index contributed by atoms with van der Waals surface area (Å²) >= 11 is 0. The van der Waals surface area contributed by atoms with E-state index in [9.17, 15) is 26.7 Å². The third kappa shape index (κ3) is 5.14. The van der Waals surface area contributed by atoms with Crippen molar-refractivity contribution in [1.29, 1.82) is 0 Å². The van der Waals surface area contributed by atoms with Gasteiger partial charge in [-0.05, 0) is 25.0 Å². The minimum atomic E-state index is -4.64. The maximum absolute atomic E-state index is 13.4. The standard InChI is InChI=1S/C21H23F5N6O/c1-2-17(33)31-8-4-5-13(10-31)15-9-16(30-19(28-15)32-11-20(22,23)12-32)29-18-14(21(24,25)26)6-3-7-27-18/h3,6-7,9,13H,2,4-5,8,10-12H2,1H3,(H,27,28,29,30). The summed E-state index contributed by atoms with van der Waals surface area (Å²) < 4.78 is 67.1. The normalized spacial score (nSPS) is 20.4. The number of pyridine rings is 1. The van der Waals surface area contributed by atoms with Gasteiger partial charge in [0.15, 0.2) is 0 Å². The Balaban J connectivity index is 1.67. The molecule has 0 saturated carbocycles. The van der Waals surface area contributed by atoms with E-state index in [-0.39, 0.29) is 23.6 Å². The molecule has 2 saturated heterocycles. The van der Waals surface area contributed by atoms with E-state index in [1.54, 1.807) is 11.8 Å². The molecule has 0 aromatic carbocycles. The van der Waals surface area contributed by atoms with Crippen LogP contribution in [0.3, 0.4) is 0 Å². The minimum Gasteiger partial charge on any atom is -0.342 e. The largest absolute Gasteiger partial charge is 0.419 e. The van der Waals surface area contributed by atoms with Crippen LogP contribution in [-0.4, -0.2) is 57.9 Å². The number of nitrogens with one attached hydrogen (secondary N) is 1. The second kappa shape index (κ2) is 8.71. The Morgan fingerprint density at radius 3 is 2.70 bits per heavy atom. The summed E-state index contributed by atoms with van der Waals surface area (Å²) in [6.07, 6.45) is -1.63. The molecular weight excluding hydrogens is 447 g/mol. The number of halogens is 5. The Morgan fingerprint density at radius 1 is 1.27 bits per heavy atom. The summed E-state index contributed by atoms with van der Waals surface area (Å²) in [6.45, 7) is 1.65. The molecule has 1 N–H and O–H groups in total. The lowest BCUT2D eigenvalue weighted by Gasteiger charge is -2.39. The lowest BCUT2D eigenvalue weighted by atomic mass is 9.94. The van der Waals surface area contributed by atoms with E-state index in [1.807, 2.05) is 0 Å². The fraction of sp³-hybridized carbons (Fsp3) is 0.524. The van der Waals surface area contributed by atoms with Crippen LogP contribution in [0, 0.1) is 0 Å². The SMILES string of the molecule is CCC(=O)N1CCCC(c2cc(Nc3ncccc3C(F)(F)F)nc(N3CC(F)(F)C3)n2)C1. The van der Waals surface area contributed by atoms with Gasteiger partial charge in [-0.25, -0.2) is 18.7 Å². The quantitative estimate of drug-likeness (QED) is 0.661. The van der Waals surface area contributed by atoms with Crippen LogP contribution in [0.1, 0.15) is 43.4 Å². The van der Waals surface area contributed by atoms with E-state index in [0.717, 1.165) is 12.5 Å². The number of alkyl halides is 5. The van der Waals surface area contributed by atoms with Gasteiger partial charge in [0.2, 0.25) is 11.9 Å². The number of rotatable bonds is 5. The van der Waals surface area contributed by atoms with E-state index >= 15 is 0 Å². The molecule has 12 heteroatoms. The molecule has 0 aliphatic carbocycles. The number of amides is 1. The number of nitrogens with zero attached hydrogens (tertiary/aromatic N) is 5. The highest BCUT2D eigenvalue weighted by Crippen LogP contribution is 2.36. The predicted molar refractivity (Wildman–Crippen MR) is 111 cm³/mol. The molecule has 7 nitrogen and oxygen atoms in total. The first-order valence-electron chi connectivity index (χ1n) is 10.6. The summed E-state index contributed by atoms with van der Waals surface area (Å²) in [5, 5.41) is 2.59. The van der Waals surface area contributed by atoms with Gasteiger partial charge in [-0.3, -0.25) is 4.79 Å². The van der Waals surface area contributed by atoms with Crippen LogP contribution in [0.25, 0.3) is 0 Å². The Labute approximate surface area is 187 Å². The van der Waals surface area contributed by atoms with Crippen LogP contribution < -0.4 is 10.2 Å². The molecule has 178 valence electrons. The number of carbonyl (C=O) groups excluding carboxylic acids is 1. The molecule has 2 aliphatic heterocycles. The van der Waals surface area contributed by atoms with Crippen molar-refractivity contribution < 1.29 is 26.7 Å². The van der Waals surface area contributed by atoms with Crippen LogP contribution in [0.5, 0.6) is 0 Å². The van der Waals surface area contributed by atoms with Crippen molar-refractivity contribution in [3.05, 3.63) is 35.7 Å². The van der Waals surface area contributed by atoms with Crippen molar-refractivity contribution in [3.63, 3.8) is 0 Å². The molecule has 2 aliphatic rings. The van der Waals surface area contributed by atoms with Gasteiger partial charge in [0.1, 0.15) is 11.6 Å². The van der Waals surface area contributed by atoms with Crippen LogP contribution in [0.15, 0.2) is 24.4 Å². The number of aromatic nitrogens is 3. The Morgan fingerprint density at radius 2 is 2.03 bits per heavy atom. The van der Waals surface area contributed by atoms with E-state index < -0.39 is 36.6 Å². The zero-order valence-corrected chi connectivity index (χ0v) is 17.9. The fourth-order valence-corrected chi connectivity index (χ4v) is 4.04. The number of anilines is 3. The van der Waals surface area contributed by atoms with Crippen molar-refractivity contribution >= 4 is 23.5 Å². The van der Waals surface area contributed by atoms with E-state index in [4.69, 9.17) is 0 Å². The molecule has 1 atom stereocenters. The van der Waals surface area contributed by atoms with Crippen molar-refractivity contribution in [1.82, 2.24) is 19.9 Å². The molecule has 0 radical (unpaired) electrons. The molecule has 4 heterocycles. The third-order valence-electron chi connectivity index (χ3n) is 5.72. The summed E-state index contributed by atoms with van der Waals surface area (Å²) in [7, 11) is 0. The molecule has 2 fully saturated rings. The summed E-state index contributed by atoms with van der Waals surface area (Å²) in [4.78, 5) is 27.6. The zero-order valence-electron chi connectivity index (χ0n) is 17.9. The van der Waals surface area contributed by atoms with E-state index in [1.165, 1.54) is 23.2 Å². The maximum atomic E-state index is 13.4. The number of likely N-dealkylation sites (tertiary alicyclic amines) is 1. The van der Waals surface area contributed by atoms with Crippen LogP contribution in [0.2, 0.25) is 0 Å². The molecule has 0 bridgehead atoms. The molecule has 1 unspecified atom stereocenters. The van der Waals surface area contributed by atoms with Gasteiger partial charge >= 0.3 is 6.18 Å². The van der Waals surface area contributed by atoms with Crippen molar-refractivity contribution in [3.8, 4) is 0 Å². The molecule has 1 amide bonds. The van der Waals surface area contributed by atoms with Gasteiger partial charge in [-0.1, -0.05) is 6.92 Å². The maximum Gasteiger partial charge on any atom is 0.419 e. The highest BCUT2D eigenvalue weighted by Gasteiger charge is 2.45. The average Bonchev–Trinajstić information content (AvgIpc) is 2.76. The smallest absolute Gasteiger partial charge is 0.342 e. The first kappa shape index (κ1) is 23.1. The zero-order chi connectivity index (χ0) is 23.8. The first-order chi connectivity index (χ1) is 15.6. The van der Waals surface area contributed by atoms with Crippen molar-refractivity contribution in [2.75, 3.05) is 36.4 Å². The van der Waals surface area contributed by atoms with E-state index in [0.29, 0.717) is 31.6 Å². The van der Waals surface area contributed by atoms with Gasteiger partial charge < -0.3 is 15.1 Å². The minimum absolute atomic E-state index is 0.00184. The second-order valence-electron chi connectivity index (χ2n) is 8.24. The van der Waals surface area contributed by atoms with Crippen LogP contribution in [0.4, 0.5) is 39.5 Å². The number of carbonyl (C=O) groups is 1. The highest BCUT2D eigenvalue weighted by atomic mass is 19.4. The Kier molecular flexibility index (Phi) is 6.10. The van der Waals surface area contributed by atoms with E-state index in [2.05, 4.69) is 20.3 Å². The number of piperidine rings is 1. The highest BCUT2D eigenvalue weighted by molar-refractivity contribution is 5.76. The molecule has 33 heavy (non-hydrogen) atoms. The third-order valence-corrected chi connectivity index (χ3v) is 5.72.